The van der Waals surface area contributed by atoms with E-state index in [9.17, 15) is 15.0 Å². The van der Waals surface area contributed by atoms with Crippen LogP contribution < -0.4 is 0 Å². The second kappa shape index (κ2) is 8.33. The summed E-state index contributed by atoms with van der Waals surface area (Å²) in [5, 5.41) is 28.6. The van der Waals surface area contributed by atoms with Crippen molar-refractivity contribution in [1.82, 2.24) is 0 Å². The van der Waals surface area contributed by atoms with Gasteiger partial charge in [0.2, 0.25) is 0 Å². The summed E-state index contributed by atoms with van der Waals surface area (Å²) in [6.45, 7) is 9.42. The van der Waals surface area contributed by atoms with E-state index in [0.29, 0.717) is 6.42 Å². The third-order valence-corrected chi connectivity index (χ3v) is 4.41. The van der Waals surface area contributed by atoms with Gasteiger partial charge in [-0.2, -0.15) is 0 Å². The summed E-state index contributed by atoms with van der Waals surface area (Å²) >= 11 is 0. The first kappa shape index (κ1) is 21.7. The number of ether oxygens (including phenoxy) is 2. The molecule has 0 aromatic carbocycles. The number of rotatable bonds is 7. The molecule has 142 valence electrons. The Morgan fingerprint density at radius 1 is 1.36 bits per heavy atom. The standard InChI is InChI=1S/C19H30O6/c1-7-15(25-17-14(21)10-13(20)12(2)24-17)19(5,6)11-18(3,4)9-8-16(22)23/h1,8-9,12-15,17,20-21H,10-11H2,2-6H3,(H,22,23)/b9-8+/t12?,13?,14?,15-,17?/m1/s1. The molecule has 1 aliphatic rings. The van der Waals surface area contributed by atoms with Crippen LogP contribution in [0.4, 0.5) is 0 Å². The molecule has 1 heterocycles. The summed E-state index contributed by atoms with van der Waals surface area (Å²) in [4.78, 5) is 10.7. The van der Waals surface area contributed by atoms with Gasteiger partial charge < -0.3 is 24.8 Å². The van der Waals surface area contributed by atoms with Crippen molar-refractivity contribution < 1.29 is 29.6 Å². The molecule has 4 unspecified atom stereocenters. The molecule has 25 heavy (non-hydrogen) atoms. The molecule has 0 aromatic heterocycles. The smallest absolute Gasteiger partial charge is 0.327 e. The SMILES string of the molecule is C#C[C@@H](OC1OC(C)C(O)CC1O)C(C)(C)CC(C)(C)/C=C/C(=O)O. The van der Waals surface area contributed by atoms with Crippen LogP contribution in [0.3, 0.4) is 0 Å². The first-order valence-corrected chi connectivity index (χ1v) is 8.43. The van der Waals surface area contributed by atoms with Crippen molar-refractivity contribution in [2.75, 3.05) is 0 Å². The zero-order chi connectivity index (χ0) is 19.4. The van der Waals surface area contributed by atoms with Gasteiger partial charge >= 0.3 is 5.97 Å². The zero-order valence-electron chi connectivity index (χ0n) is 15.6. The monoisotopic (exact) mass is 354 g/mol. The Morgan fingerprint density at radius 3 is 2.48 bits per heavy atom. The lowest BCUT2D eigenvalue weighted by Crippen LogP contribution is -2.50. The van der Waals surface area contributed by atoms with E-state index in [2.05, 4.69) is 5.92 Å². The maximum Gasteiger partial charge on any atom is 0.327 e. The molecule has 0 spiro atoms. The number of carboxylic acids is 1. The molecule has 1 saturated heterocycles. The van der Waals surface area contributed by atoms with Gasteiger partial charge in [0.25, 0.3) is 0 Å². The number of carbonyl (C=O) groups is 1. The van der Waals surface area contributed by atoms with E-state index < -0.39 is 47.5 Å². The number of allylic oxidation sites excluding steroid dienone is 1. The Hall–Kier alpha value is -1.39. The quantitative estimate of drug-likeness (QED) is 0.478. The van der Waals surface area contributed by atoms with E-state index in [1.165, 1.54) is 0 Å². The van der Waals surface area contributed by atoms with Gasteiger partial charge in [-0.1, -0.05) is 39.7 Å². The van der Waals surface area contributed by atoms with E-state index in [1.54, 1.807) is 13.0 Å². The molecule has 1 fully saturated rings. The van der Waals surface area contributed by atoms with Gasteiger partial charge in [-0.3, -0.25) is 0 Å². The lowest BCUT2D eigenvalue weighted by molar-refractivity contribution is -0.278. The number of aliphatic hydroxyl groups excluding tert-OH is 2. The van der Waals surface area contributed by atoms with Gasteiger partial charge in [0, 0.05) is 17.9 Å². The van der Waals surface area contributed by atoms with Crippen LogP contribution in [0.5, 0.6) is 0 Å². The van der Waals surface area contributed by atoms with E-state index in [0.717, 1.165) is 6.08 Å². The summed E-state index contributed by atoms with van der Waals surface area (Å²) in [6, 6.07) is 0. The summed E-state index contributed by atoms with van der Waals surface area (Å²) in [5.41, 5.74) is -0.903. The zero-order valence-corrected chi connectivity index (χ0v) is 15.6. The van der Waals surface area contributed by atoms with Crippen molar-refractivity contribution in [2.24, 2.45) is 10.8 Å². The summed E-state index contributed by atoms with van der Waals surface area (Å²) < 4.78 is 11.4. The molecular weight excluding hydrogens is 324 g/mol. The number of hydrogen-bond acceptors (Lipinski definition) is 5. The molecule has 5 atom stereocenters. The summed E-state index contributed by atoms with van der Waals surface area (Å²) in [5.74, 6) is 1.61. The number of aliphatic carboxylic acids is 1. The number of hydrogen-bond donors (Lipinski definition) is 3. The maximum absolute atomic E-state index is 10.7. The highest BCUT2D eigenvalue weighted by Gasteiger charge is 2.40. The number of terminal acetylenes is 1. The molecule has 3 N–H and O–H groups in total. The molecule has 0 saturated carbocycles. The molecule has 1 rings (SSSR count). The van der Waals surface area contributed by atoms with Crippen LogP contribution in [0.15, 0.2) is 12.2 Å². The highest BCUT2D eigenvalue weighted by atomic mass is 16.7. The number of aliphatic hydroxyl groups is 2. The van der Waals surface area contributed by atoms with Gasteiger partial charge in [-0.15, -0.1) is 6.42 Å². The fourth-order valence-corrected chi connectivity index (χ4v) is 3.27. The van der Waals surface area contributed by atoms with Crippen molar-refractivity contribution in [2.45, 2.75) is 78.2 Å². The molecule has 0 aromatic rings. The third kappa shape index (κ3) is 6.44. The Balaban J connectivity index is 2.83. The van der Waals surface area contributed by atoms with Crippen LogP contribution in [0.1, 0.15) is 47.5 Å². The molecule has 0 aliphatic carbocycles. The fraction of sp³-hybridized carbons (Fsp3) is 0.737. The Morgan fingerprint density at radius 2 is 1.96 bits per heavy atom. The molecule has 0 bridgehead atoms. The molecule has 6 heteroatoms. The van der Waals surface area contributed by atoms with Crippen LogP contribution in [0, 0.1) is 23.2 Å². The van der Waals surface area contributed by atoms with E-state index in [-0.39, 0.29) is 6.42 Å². The van der Waals surface area contributed by atoms with Crippen molar-refractivity contribution in [3.63, 3.8) is 0 Å². The Kier molecular flexibility index (Phi) is 7.21. The third-order valence-electron chi connectivity index (χ3n) is 4.41. The van der Waals surface area contributed by atoms with E-state index in [1.807, 2.05) is 27.7 Å². The van der Waals surface area contributed by atoms with E-state index in [4.69, 9.17) is 21.0 Å². The van der Waals surface area contributed by atoms with Crippen LogP contribution in [0.2, 0.25) is 0 Å². The molecule has 6 nitrogen and oxygen atoms in total. The van der Waals surface area contributed by atoms with Crippen molar-refractivity contribution in [1.29, 1.82) is 0 Å². The van der Waals surface area contributed by atoms with Crippen LogP contribution >= 0.6 is 0 Å². The highest BCUT2D eigenvalue weighted by molar-refractivity contribution is 5.79. The average Bonchev–Trinajstić information content (AvgIpc) is 2.46. The number of carboxylic acid groups (broad SMARTS) is 1. The van der Waals surface area contributed by atoms with Crippen LogP contribution in [-0.2, 0) is 14.3 Å². The molecule has 0 radical (unpaired) electrons. The van der Waals surface area contributed by atoms with Gasteiger partial charge in [0.1, 0.15) is 12.2 Å². The predicted molar refractivity (Wildman–Crippen MR) is 93.6 cm³/mol. The van der Waals surface area contributed by atoms with Crippen molar-refractivity contribution >= 4 is 5.97 Å². The topological polar surface area (TPSA) is 96.2 Å². The highest BCUT2D eigenvalue weighted by Crippen LogP contribution is 2.39. The molecular formula is C19H30O6. The second-order valence-corrected chi connectivity index (χ2v) is 8.09. The first-order chi connectivity index (χ1) is 11.4. The second-order valence-electron chi connectivity index (χ2n) is 8.09. The largest absolute Gasteiger partial charge is 0.478 e. The lowest BCUT2D eigenvalue weighted by Gasteiger charge is -2.41. The van der Waals surface area contributed by atoms with Crippen molar-refractivity contribution in [3.8, 4) is 12.3 Å². The van der Waals surface area contributed by atoms with Gasteiger partial charge in [-0.25, -0.2) is 4.79 Å². The van der Waals surface area contributed by atoms with Gasteiger partial charge in [0.15, 0.2) is 6.29 Å². The van der Waals surface area contributed by atoms with Crippen molar-refractivity contribution in [3.05, 3.63) is 12.2 Å². The minimum atomic E-state index is -0.998. The minimum absolute atomic E-state index is 0.163. The Bertz CT molecular complexity index is 531. The summed E-state index contributed by atoms with van der Waals surface area (Å²) in [6.07, 6.45) is 5.43. The Labute approximate surface area is 149 Å². The fourth-order valence-electron chi connectivity index (χ4n) is 3.27. The van der Waals surface area contributed by atoms with E-state index >= 15 is 0 Å². The van der Waals surface area contributed by atoms with Crippen LogP contribution in [0.25, 0.3) is 0 Å². The average molecular weight is 354 g/mol. The predicted octanol–water partition coefficient (Wildman–Crippen LogP) is 1.94. The minimum Gasteiger partial charge on any atom is -0.478 e. The molecule has 1 aliphatic heterocycles. The van der Waals surface area contributed by atoms with Crippen LogP contribution in [-0.4, -0.2) is 52.0 Å². The lowest BCUT2D eigenvalue weighted by atomic mass is 9.72. The normalized spacial score (nSPS) is 29.4. The van der Waals surface area contributed by atoms with Gasteiger partial charge in [0.05, 0.1) is 12.2 Å². The molecule has 0 amide bonds. The maximum atomic E-state index is 10.7. The first-order valence-electron chi connectivity index (χ1n) is 8.43. The van der Waals surface area contributed by atoms with Gasteiger partial charge in [-0.05, 0) is 18.8 Å². The summed E-state index contributed by atoms with van der Waals surface area (Å²) in [7, 11) is 0.